The van der Waals surface area contributed by atoms with Crippen molar-refractivity contribution in [3.05, 3.63) is 28.2 Å². The van der Waals surface area contributed by atoms with E-state index in [-0.39, 0.29) is 5.75 Å². The second kappa shape index (κ2) is 3.40. The van der Waals surface area contributed by atoms with Crippen LogP contribution in [0.1, 0.15) is 5.56 Å². The van der Waals surface area contributed by atoms with E-state index >= 15 is 0 Å². The average Bonchev–Trinajstić information content (AvgIpc) is 1.98. The summed E-state index contributed by atoms with van der Waals surface area (Å²) in [6, 6.07) is 7.92. The molecule has 0 bridgehead atoms. The maximum absolute atomic E-state index is 9.03. The van der Waals surface area contributed by atoms with Crippen LogP contribution in [0.5, 0.6) is 5.75 Å². The van der Waals surface area contributed by atoms with Gasteiger partial charge < -0.3 is 5.11 Å². The summed E-state index contributed by atoms with van der Waals surface area (Å²) in [6.45, 7) is 0. The summed E-state index contributed by atoms with van der Waals surface area (Å²) in [5.74, 6) is 0.0756. The van der Waals surface area contributed by atoms with Gasteiger partial charge in [0.15, 0.2) is 0 Å². The minimum Gasteiger partial charge on any atom is -0.506 e. The molecule has 0 spiro atoms. The number of halogens is 1. The molecule has 0 aliphatic heterocycles. The largest absolute Gasteiger partial charge is 0.506 e. The van der Waals surface area contributed by atoms with Crippen LogP contribution in [-0.2, 0) is 6.42 Å². The number of rotatable bonds is 1. The van der Waals surface area contributed by atoms with E-state index in [9.17, 15) is 0 Å². The van der Waals surface area contributed by atoms with Crippen molar-refractivity contribution >= 4 is 15.9 Å². The predicted molar refractivity (Wildman–Crippen MR) is 44.0 cm³/mol. The van der Waals surface area contributed by atoms with Gasteiger partial charge in [-0.2, -0.15) is 5.26 Å². The fourth-order valence-electron chi connectivity index (χ4n) is 0.696. The quantitative estimate of drug-likeness (QED) is 0.772. The number of hydrogen-bond donors (Lipinski definition) is 1. The molecule has 1 rings (SSSR count). The first-order chi connectivity index (χ1) is 5.24. The first kappa shape index (κ1) is 8.09. The van der Waals surface area contributed by atoms with E-state index in [2.05, 4.69) is 22.0 Å². The maximum atomic E-state index is 9.03. The van der Waals surface area contributed by atoms with E-state index < -0.39 is 0 Å². The molecule has 1 N–H and O–H groups in total. The third-order valence-electron chi connectivity index (χ3n) is 1.22. The Labute approximate surface area is 73.2 Å². The van der Waals surface area contributed by atoms with Crippen molar-refractivity contribution in [2.75, 3.05) is 0 Å². The molecule has 11 heavy (non-hydrogen) atoms. The van der Waals surface area contributed by atoms with Crippen LogP contribution in [0, 0.1) is 17.4 Å². The molecule has 0 heterocycles. The second-order valence-corrected chi connectivity index (χ2v) is 2.89. The van der Waals surface area contributed by atoms with Gasteiger partial charge in [0.25, 0.3) is 0 Å². The molecule has 3 heteroatoms. The van der Waals surface area contributed by atoms with Crippen molar-refractivity contribution in [1.82, 2.24) is 0 Å². The second-order valence-electron chi connectivity index (χ2n) is 2.04. The van der Waals surface area contributed by atoms with Gasteiger partial charge in [-0.05, 0) is 33.6 Å². The SMILES string of the molecule is N#CCc1c[c]c(O)c(Br)c1. The van der Waals surface area contributed by atoms with Gasteiger partial charge in [-0.15, -0.1) is 0 Å². The van der Waals surface area contributed by atoms with Crippen molar-refractivity contribution in [2.24, 2.45) is 0 Å². The molecule has 0 unspecified atom stereocenters. The van der Waals surface area contributed by atoms with Crippen LogP contribution in [0.2, 0.25) is 0 Å². The molecule has 0 atom stereocenters. The summed E-state index contributed by atoms with van der Waals surface area (Å²) >= 11 is 3.13. The average molecular weight is 211 g/mol. The molecule has 1 aromatic rings. The number of phenolic OH excluding ortho intramolecular Hbond substituents is 1. The summed E-state index contributed by atoms with van der Waals surface area (Å²) in [5, 5.41) is 17.4. The zero-order chi connectivity index (χ0) is 8.27. The van der Waals surface area contributed by atoms with Crippen LogP contribution >= 0.6 is 15.9 Å². The van der Waals surface area contributed by atoms with E-state index in [1.54, 1.807) is 12.1 Å². The molecule has 2 nitrogen and oxygen atoms in total. The fourth-order valence-corrected chi connectivity index (χ4v) is 1.10. The van der Waals surface area contributed by atoms with Crippen molar-refractivity contribution in [3.8, 4) is 11.8 Å². The number of nitriles is 1. The van der Waals surface area contributed by atoms with Crippen molar-refractivity contribution in [2.45, 2.75) is 6.42 Å². The Hall–Kier alpha value is -1.01. The highest BCUT2D eigenvalue weighted by Crippen LogP contribution is 2.23. The summed E-state index contributed by atoms with van der Waals surface area (Å²) in [6.07, 6.45) is 0.343. The van der Waals surface area contributed by atoms with Crippen LogP contribution in [-0.4, -0.2) is 5.11 Å². The molecule has 1 aromatic carbocycles. The van der Waals surface area contributed by atoms with Crippen molar-refractivity contribution < 1.29 is 5.11 Å². The molecule has 0 fully saturated rings. The van der Waals surface area contributed by atoms with E-state index in [0.29, 0.717) is 10.9 Å². The first-order valence-electron chi connectivity index (χ1n) is 3.00. The third kappa shape index (κ3) is 1.95. The molecule has 0 saturated heterocycles. The minimum atomic E-state index is 0.0756. The molecule has 0 aromatic heterocycles. The number of phenols is 1. The highest BCUT2D eigenvalue weighted by molar-refractivity contribution is 9.10. The van der Waals surface area contributed by atoms with Gasteiger partial charge in [0, 0.05) is 6.07 Å². The lowest BCUT2D eigenvalue weighted by atomic mass is 10.2. The molecule has 0 aliphatic rings. The summed E-state index contributed by atoms with van der Waals surface area (Å²) < 4.78 is 0.574. The molecular formula is C8H5BrNO. The van der Waals surface area contributed by atoms with Crippen LogP contribution < -0.4 is 0 Å². The Bertz CT molecular complexity index is 303. The first-order valence-corrected chi connectivity index (χ1v) is 3.79. The smallest absolute Gasteiger partial charge is 0.137 e. The summed E-state index contributed by atoms with van der Waals surface area (Å²) in [7, 11) is 0. The van der Waals surface area contributed by atoms with Crippen LogP contribution in [0.15, 0.2) is 16.6 Å². The molecular weight excluding hydrogens is 206 g/mol. The highest BCUT2D eigenvalue weighted by Gasteiger charge is 1.98. The lowest BCUT2D eigenvalue weighted by Crippen LogP contribution is -1.80. The van der Waals surface area contributed by atoms with Gasteiger partial charge in [-0.1, -0.05) is 0 Å². The third-order valence-corrected chi connectivity index (χ3v) is 1.82. The number of aromatic hydroxyl groups is 1. The van der Waals surface area contributed by atoms with E-state index in [4.69, 9.17) is 10.4 Å². The number of hydrogen-bond acceptors (Lipinski definition) is 2. The molecule has 0 aliphatic carbocycles. The summed E-state index contributed by atoms with van der Waals surface area (Å²) in [5.41, 5.74) is 0.845. The molecule has 55 valence electrons. The van der Waals surface area contributed by atoms with Gasteiger partial charge in [0.2, 0.25) is 0 Å². The Morgan fingerprint density at radius 2 is 2.45 bits per heavy atom. The maximum Gasteiger partial charge on any atom is 0.137 e. The van der Waals surface area contributed by atoms with Crippen LogP contribution in [0.25, 0.3) is 0 Å². The highest BCUT2D eigenvalue weighted by atomic mass is 79.9. The van der Waals surface area contributed by atoms with E-state index in [1.807, 2.05) is 6.07 Å². The van der Waals surface area contributed by atoms with Gasteiger partial charge in [0.05, 0.1) is 17.0 Å². The van der Waals surface area contributed by atoms with Crippen molar-refractivity contribution in [3.63, 3.8) is 0 Å². The number of nitrogens with zero attached hydrogens (tertiary/aromatic N) is 1. The molecule has 0 saturated carbocycles. The Balaban J connectivity index is 2.98. The normalized spacial score (nSPS) is 9.09. The van der Waals surface area contributed by atoms with Gasteiger partial charge in [-0.25, -0.2) is 0 Å². The Kier molecular flexibility index (Phi) is 2.50. The number of benzene rings is 1. The standard InChI is InChI=1S/C8H5BrNO/c9-7-5-6(3-4-10)1-2-8(7)11/h1,5,11H,3H2. The lowest BCUT2D eigenvalue weighted by molar-refractivity contribution is 0.470. The monoisotopic (exact) mass is 210 g/mol. The van der Waals surface area contributed by atoms with Gasteiger partial charge in [-0.3, -0.25) is 0 Å². The molecule has 1 radical (unpaired) electrons. The minimum absolute atomic E-state index is 0.0756. The summed E-state index contributed by atoms with van der Waals surface area (Å²) in [4.78, 5) is 0. The molecule has 0 amide bonds. The van der Waals surface area contributed by atoms with Crippen LogP contribution in [0.4, 0.5) is 0 Å². The Morgan fingerprint density at radius 3 is 3.00 bits per heavy atom. The van der Waals surface area contributed by atoms with E-state index in [1.165, 1.54) is 0 Å². The predicted octanol–water partition coefficient (Wildman–Crippen LogP) is 2.02. The Morgan fingerprint density at radius 1 is 1.73 bits per heavy atom. The zero-order valence-electron chi connectivity index (χ0n) is 5.63. The van der Waals surface area contributed by atoms with Gasteiger partial charge >= 0.3 is 0 Å². The lowest BCUT2D eigenvalue weighted by Gasteiger charge is -1.97. The van der Waals surface area contributed by atoms with E-state index in [0.717, 1.165) is 5.56 Å². The van der Waals surface area contributed by atoms with Crippen molar-refractivity contribution in [1.29, 1.82) is 5.26 Å². The van der Waals surface area contributed by atoms with Crippen LogP contribution in [0.3, 0.4) is 0 Å². The van der Waals surface area contributed by atoms with Gasteiger partial charge in [0.1, 0.15) is 5.75 Å². The fraction of sp³-hybridized carbons (Fsp3) is 0.125. The zero-order valence-corrected chi connectivity index (χ0v) is 7.22. The topological polar surface area (TPSA) is 44.0 Å².